The van der Waals surface area contributed by atoms with Gasteiger partial charge in [-0.2, -0.15) is 0 Å². The maximum Gasteiger partial charge on any atom is 0.273 e. The molecule has 7 heteroatoms. The van der Waals surface area contributed by atoms with Crippen molar-refractivity contribution in [3.05, 3.63) is 24.0 Å². The van der Waals surface area contributed by atoms with Crippen molar-refractivity contribution in [2.45, 2.75) is 6.04 Å². The monoisotopic (exact) mass is 264 g/mol. The molecule has 0 saturated carbocycles. The third-order valence-corrected chi connectivity index (χ3v) is 2.94. The molecule has 7 nitrogen and oxygen atoms in total. The number of nitrogen functional groups attached to an aromatic ring is 1. The largest absolute Gasteiger partial charge is 0.397 e. The van der Waals surface area contributed by atoms with Gasteiger partial charge in [0.05, 0.1) is 25.1 Å². The second-order valence-electron chi connectivity index (χ2n) is 4.18. The molecule has 102 valence electrons. The molecule has 3 N–H and O–H groups in total. The number of amides is 2. The van der Waals surface area contributed by atoms with Gasteiger partial charge in [0.15, 0.2) is 0 Å². The van der Waals surface area contributed by atoms with Crippen LogP contribution in [0.5, 0.6) is 0 Å². The Labute approximate surface area is 110 Å². The number of aromatic nitrogens is 1. The van der Waals surface area contributed by atoms with Crippen molar-refractivity contribution in [3.63, 3.8) is 0 Å². The van der Waals surface area contributed by atoms with Gasteiger partial charge in [-0.3, -0.25) is 9.59 Å². The predicted molar refractivity (Wildman–Crippen MR) is 68.4 cm³/mol. The fraction of sp³-hybridized carbons (Fsp3) is 0.417. The summed E-state index contributed by atoms with van der Waals surface area (Å²) in [5.41, 5.74) is 6.29. The van der Waals surface area contributed by atoms with Crippen molar-refractivity contribution < 1.29 is 14.3 Å². The minimum atomic E-state index is -0.620. The van der Waals surface area contributed by atoms with Gasteiger partial charge in [0.2, 0.25) is 5.91 Å². The van der Waals surface area contributed by atoms with Crippen LogP contribution in [0.1, 0.15) is 10.5 Å². The average molecular weight is 264 g/mol. The molecule has 1 atom stereocenters. The minimum Gasteiger partial charge on any atom is -0.397 e. The van der Waals surface area contributed by atoms with E-state index < -0.39 is 6.04 Å². The lowest BCUT2D eigenvalue weighted by molar-refractivity contribution is -0.130. The number of anilines is 1. The lowest BCUT2D eigenvalue weighted by atomic mass is 10.2. The summed E-state index contributed by atoms with van der Waals surface area (Å²) in [5, 5.41) is 2.53. The van der Waals surface area contributed by atoms with Crippen LogP contribution in [0.25, 0.3) is 0 Å². The summed E-state index contributed by atoms with van der Waals surface area (Å²) in [6.45, 7) is 0.970. The number of pyridine rings is 1. The highest BCUT2D eigenvalue weighted by molar-refractivity contribution is 5.96. The van der Waals surface area contributed by atoms with Crippen LogP contribution < -0.4 is 11.1 Å². The van der Waals surface area contributed by atoms with Gasteiger partial charge in [0.1, 0.15) is 11.7 Å². The molecule has 1 unspecified atom stereocenters. The summed E-state index contributed by atoms with van der Waals surface area (Å²) < 4.78 is 5.25. The number of rotatable bonds is 2. The summed E-state index contributed by atoms with van der Waals surface area (Å²) in [7, 11) is 1.53. The highest BCUT2D eigenvalue weighted by Gasteiger charge is 2.33. The van der Waals surface area contributed by atoms with Crippen molar-refractivity contribution in [2.75, 3.05) is 32.5 Å². The fourth-order valence-corrected chi connectivity index (χ4v) is 1.91. The zero-order chi connectivity index (χ0) is 13.8. The normalized spacial score (nSPS) is 19.0. The first-order valence-electron chi connectivity index (χ1n) is 5.95. The molecule has 1 saturated heterocycles. The van der Waals surface area contributed by atoms with E-state index in [0.717, 1.165) is 0 Å². The number of ether oxygens (including phenoxy) is 1. The topological polar surface area (TPSA) is 97.5 Å². The van der Waals surface area contributed by atoms with Crippen molar-refractivity contribution in [1.82, 2.24) is 15.2 Å². The number of nitrogens with two attached hydrogens (primary N) is 1. The third-order valence-electron chi connectivity index (χ3n) is 2.94. The molecule has 0 bridgehead atoms. The number of hydrogen-bond donors (Lipinski definition) is 2. The Morgan fingerprint density at radius 2 is 2.32 bits per heavy atom. The van der Waals surface area contributed by atoms with Gasteiger partial charge >= 0.3 is 0 Å². The Morgan fingerprint density at radius 3 is 2.95 bits per heavy atom. The number of carbonyl (C=O) groups excluding carboxylic acids is 2. The van der Waals surface area contributed by atoms with E-state index in [1.807, 2.05) is 0 Å². The van der Waals surface area contributed by atoms with E-state index in [0.29, 0.717) is 18.8 Å². The van der Waals surface area contributed by atoms with Gasteiger partial charge in [-0.1, -0.05) is 0 Å². The van der Waals surface area contributed by atoms with Crippen LogP contribution in [0.2, 0.25) is 0 Å². The molecule has 0 aliphatic carbocycles. The first-order chi connectivity index (χ1) is 9.13. The maximum atomic E-state index is 12.3. The van der Waals surface area contributed by atoms with E-state index in [-0.39, 0.29) is 24.1 Å². The number of hydrogen-bond acceptors (Lipinski definition) is 5. The molecule has 0 aromatic carbocycles. The van der Waals surface area contributed by atoms with E-state index >= 15 is 0 Å². The number of nitrogens with zero attached hydrogens (tertiary/aromatic N) is 2. The Hall–Kier alpha value is -2.15. The number of likely N-dealkylation sites (N-methyl/N-ethyl adjacent to an activating group) is 1. The van der Waals surface area contributed by atoms with E-state index in [1.54, 1.807) is 12.1 Å². The Bertz CT molecular complexity index is 474. The van der Waals surface area contributed by atoms with Crippen molar-refractivity contribution in [2.24, 2.45) is 0 Å². The van der Waals surface area contributed by atoms with Crippen molar-refractivity contribution in [3.8, 4) is 0 Å². The molecule has 19 heavy (non-hydrogen) atoms. The second-order valence-corrected chi connectivity index (χ2v) is 4.18. The minimum absolute atomic E-state index is 0.195. The van der Waals surface area contributed by atoms with E-state index in [2.05, 4.69) is 10.3 Å². The van der Waals surface area contributed by atoms with Crippen LogP contribution in [-0.2, 0) is 9.53 Å². The van der Waals surface area contributed by atoms with Crippen molar-refractivity contribution in [1.29, 1.82) is 0 Å². The number of morpholine rings is 1. The zero-order valence-corrected chi connectivity index (χ0v) is 10.6. The molecule has 0 radical (unpaired) electrons. The van der Waals surface area contributed by atoms with Gasteiger partial charge < -0.3 is 20.7 Å². The van der Waals surface area contributed by atoms with Gasteiger partial charge in [-0.15, -0.1) is 0 Å². The maximum absolute atomic E-state index is 12.3. The molecule has 2 heterocycles. The van der Waals surface area contributed by atoms with Crippen LogP contribution >= 0.6 is 0 Å². The van der Waals surface area contributed by atoms with E-state index in [1.165, 1.54) is 18.1 Å². The average Bonchev–Trinajstić information content (AvgIpc) is 2.46. The molecule has 0 spiro atoms. The number of nitrogens with one attached hydrogen (secondary N) is 1. The molecular formula is C12H16N4O3. The highest BCUT2D eigenvalue weighted by Crippen LogP contribution is 2.12. The second kappa shape index (κ2) is 5.66. The molecule has 1 aromatic rings. The molecular weight excluding hydrogens is 248 g/mol. The quantitative estimate of drug-likeness (QED) is 0.732. The lowest BCUT2D eigenvalue weighted by Crippen LogP contribution is -2.55. The van der Waals surface area contributed by atoms with Crippen LogP contribution in [0.4, 0.5) is 5.69 Å². The first-order valence-corrected chi connectivity index (χ1v) is 5.95. The van der Waals surface area contributed by atoms with Gasteiger partial charge in [0, 0.05) is 13.6 Å². The fourth-order valence-electron chi connectivity index (χ4n) is 1.91. The Balaban J connectivity index is 2.20. The van der Waals surface area contributed by atoms with Gasteiger partial charge in [-0.05, 0) is 12.1 Å². The molecule has 2 amide bonds. The summed E-state index contributed by atoms with van der Waals surface area (Å²) in [4.78, 5) is 29.5. The standard InChI is InChI=1S/C12H16N4O3/c1-14-11(17)10-7-19-5-4-16(10)12(18)9-3-2-8(13)6-15-9/h2-3,6,10H,4-5,7,13H2,1H3,(H,14,17). The van der Waals surface area contributed by atoms with E-state index in [9.17, 15) is 9.59 Å². The zero-order valence-electron chi connectivity index (χ0n) is 10.6. The Kier molecular flexibility index (Phi) is 3.96. The highest BCUT2D eigenvalue weighted by atomic mass is 16.5. The summed E-state index contributed by atoms with van der Waals surface area (Å²) >= 11 is 0. The molecule has 1 fully saturated rings. The lowest BCUT2D eigenvalue weighted by Gasteiger charge is -2.34. The SMILES string of the molecule is CNC(=O)C1COCCN1C(=O)c1ccc(N)cn1. The summed E-state index contributed by atoms with van der Waals surface area (Å²) in [6.07, 6.45) is 1.42. The van der Waals surface area contributed by atoms with Crippen molar-refractivity contribution >= 4 is 17.5 Å². The van der Waals surface area contributed by atoms with Crippen LogP contribution in [-0.4, -0.2) is 54.5 Å². The summed E-state index contributed by atoms with van der Waals surface area (Å²) in [6, 6.07) is 2.54. The molecule has 1 aliphatic rings. The van der Waals surface area contributed by atoms with E-state index in [4.69, 9.17) is 10.5 Å². The van der Waals surface area contributed by atoms with Gasteiger partial charge in [0.25, 0.3) is 5.91 Å². The predicted octanol–water partition coefficient (Wildman–Crippen LogP) is -0.749. The van der Waals surface area contributed by atoms with Crippen LogP contribution in [0.15, 0.2) is 18.3 Å². The molecule has 1 aliphatic heterocycles. The summed E-state index contributed by atoms with van der Waals surface area (Å²) in [5.74, 6) is -0.541. The molecule has 2 rings (SSSR count). The van der Waals surface area contributed by atoms with Crippen LogP contribution in [0, 0.1) is 0 Å². The molecule has 1 aromatic heterocycles. The smallest absolute Gasteiger partial charge is 0.273 e. The van der Waals surface area contributed by atoms with Gasteiger partial charge in [-0.25, -0.2) is 4.98 Å². The Morgan fingerprint density at radius 1 is 1.53 bits per heavy atom. The third kappa shape index (κ3) is 2.82. The van der Waals surface area contributed by atoms with Crippen LogP contribution in [0.3, 0.4) is 0 Å². The number of carbonyl (C=O) groups is 2. The first kappa shape index (κ1) is 13.3.